The SMILES string of the molecule is CCOc1ccc(Cl)cc1NC(=O)c1cc(S(=O)(=O)NC)ccc1Cl. The third kappa shape index (κ3) is 4.64. The Bertz CT molecular complexity index is 901. The van der Waals surface area contributed by atoms with Gasteiger partial charge in [0.2, 0.25) is 10.0 Å². The van der Waals surface area contributed by atoms with Crippen molar-refractivity contribution < 1.29 is 17.9 Å². The van der Waals surface area contributed by atoms with E-state index in [2.05, 4.69) is 10.0 Å². The molecule has 6 nitrogen and oxygen atoms in total. The lowest BCUT2D eigenvalue weighted by Gasteiger charge is -2.13. The summed E-state index contributed by atoms with van der Waals surface area (Å²) in [5.74, 6) is -0.142. The number of ether oxygens (including phenoxy) is 1. The van der Waals surface area contributed by atoms with Crippen molar-refractivity contribution in [2.24, 2.45) is 0 Å². The molecule has 0 aliphatic rings. The molecule has 0 atom stereocenters. The molecule has 0 unspecified atom stereocenters. The second kappa shape index (κ2) is 8.05. The first-order chi connectivity index (χ1) is 11.8. The minimum atomic E-state index is -3.70. The molecule has 0 fully saturated rings. The molecule has 25 heavy (non-hydrogen) atoms. The summed E-state index contributed by atoms with van der Waals surface area (Å²) >= 11 is 12.0. The Morgan fingerprint density at radius 1 is 1.16 bits per heavy atom. The van der Waals surface area contributed by atoms with Crippen LogP contribution in [-0.4, -0.2) is 28.0 Å². The van der Waals surface area contributed by atoms with E-state index in [1.807, 2.05) is 6.92 Å². The quantitative estimate of drug-likeness (QED) is 0.773. The predicted octanol–water partition coefficient (Wildman–Crippen LogP) is 3.55. The summed E-state index contributed by atoms with van der Waals surface area (Å²) < 4.78 is 31.4. The first-order valence-electron chi connectivity index (χ1n) is 7.25. The van der Waals surface area contributed by atoms with Crippen LogP contribution in [-0.2, 0) is 10.0 Å². The van der Waals surface area contributed by atoms with Crippen LogP contribution >= 0.6 is 23.2 Å². The number of benzene rings is 2. The minimum Gasteiger partial charge on any atom is -0.492 e. The van der Waals surface area contributed by atoms with Crippen molar-refractivity contribution in [3.8, 4) is 5.75 Å². The monoisotopic (exact) mass is 402 g/mol. The molecule has 2 aromatic carbocycles. The van der Waals surface area contributed by atoms with E-state index in [1.165, 1.54) is 31.3 Å². The molecule has 2 N–H and O–H groups in total. The van der Waals surface area contributed by atoms with Crippen LogP contribution in [0.5, 0.6) is 5.75 Å². The molecule has 1 amide bonds. The standard InChI is InChI=1S/C16H16Cl2N2O4S/c1-3-24-15-7-4-10(17)8-14(15)20-16(21)12-9-11(5-6-13(12)18)25(22,23)19-2/h4-9,19H,3H2,1-2H3,(H,20,21). The van der Waals surface area contributed by atoms with Crippen LogP contribution in [0.25, 0.3) is 0 Å². The summed E-state index contributed by atoms with van der Waals surface area (Å²) in [4.78, 5) is 12.5. The van der Waals surface area contributed by atoms with Crippen molar-refractivity contribution in [3.05, 3.63) is 52.0 Å². The summed E-state index contributed by atoms with van der Waals surface area (Å²) in [6.45, 7) is 2.21. The van der Waals surface area contributed by atoms with Crippen molar-refractivity contribution in [1.29, 1.82) is 0 Å². The number of carbonyl (C=O) groups is 1. The average molecular weight is 403 g/mol. The van der Waals surface area contributed by atoms with Crippen LogP contribution in [0, 0.1) is 0 Å². The van der Waals surface area contributed by atoms with Crippen molar-refractivity contribution >= 4 is 44.8 Å². The normalized spacial score (nSPS) is 11.2. The lowest BCUT2D eigenvalue weighted by molar-refractivity contribution is 0.102. The zero-order chi connectivity index (χ0) is 18.6. The maximum Gasteiger partial charge on any atom is 0.257 e. The number of halogens is 2. The van der Waals surface area contributed by atoms with E-state index in [9.17, 15) is 13.2 Å². The van der Waals surface area contributed by atoms with Crippen LogP contribution in [0.1, 0.15) is 17.3 Å². The van der Waals surface area contributed by atoms with Crippen LogP contribution in [0.3, 0.4) is 0 Å². The molecule has 0 radical (unpaired) electrons. The summed E-state index contributed by atoms with van der Waals surface area (Å²) in [7, 11) is -2.42. The molecule has 0 heterocycles. The second-order valence-corrected chi connectivity index (χ2v) is 7.61. The van der Waals surface area contributed by atoms with E-state index in [4.69, 9.17) is 27.9 Å². The van der Waals surface area contributed by atoms with E-state index in [0.717, 1.165) is 0 Å². The maximum atomic E-state index is 12.6. The van der Waals surface area contributed by atoms with E-state index in [-0.39, 0.29) is 15.5 Å². The van der Waals surface area contributed by atoms with Gasteiger partial charge in [-0.25, -0.2) is 13.1 Å². The van der Waals surface area contributed by atoms with Gasteiger partial charge in [0.1, 0.15) is 5.75 Å². The van der Waals surface area contributed by atoms with Gasteiger partial charge < -0.3 is 10.1 Å². The van der Waals surface area contributed by atoms with Gasteiger partial charge in [0.25, 0.3) is 5.91 Å². The smallest absolute Gasteiger partial charge is 0.257 e. The number of hydrogen-bond donors (Lipinski definition) is 2. The highest BCUT2D eigenvalue weighted by Gasteiger charge is 2.18. The molecule has 134 valence electrons. The van der Waals surface area contributed by atoms with Gasteiger partial charge >= 0.3 is 0 Å². The van der Waals surface area contributed by atoms with Crippen LogP contribution < -0.4 is 14.8 Å². The molecule has 2 aromatic rings. The summed E-state index contributed by atoms with van der Waals surface area (Å²) in [5.41, 5.74) is 0.373. The maximum absolute atomic E-state index is 12.6. The molecule has 0 bridgehead atoms. The van der Waals surface area contributed by atoms with E-state index >= 15 is 0 Å². The van der Waals surface area contributed by atoms with Crippen LogP contribution in [0.4, 0.5) is 5.69 Å². The lowest BCUT2D eigenvalue weighted by Crippen LogP contribution is -2.20. The molecule has 0 aliphatic carbocycles. The van der Waals surface area contributed by atoms with Gasteiger partial charge in [0.15, 0.2) is 0 Å². The molecule has 0 spiro atoms. The number of amides is 1. The summed E-state index contributed by atoms with van der Waals surface area (Å²) in [6, 6.07) is 8.67. The largest absolute Gasteiger partial charge is 0.492 e. The Hall–Kier alpha value is -1.80. The Morgan fingerprint density at radius 2 is 1.88 bits per heavy atom. The Balaban J connectivity index is 2.39. The Kier molecular flexibility index (Phi) is 6.29. The van der Waals surface area contributed by atoms with Crippen molar-refractivity contribution in [2.45, 2.75) is 11.8 Å². The number of anilines is 1. The number of carbonyl (C=O) groups excluding carboxylic acids is 1. The number of rotatable bonds is 6. The zero-order valence-electron chi connectivity index (χ0n) is 13.5. The van der Waals surface area contributed by atoms with Crippen molar-refractivity contribution in [3.63, 3.8) is 0 Å². The molecule has 0 saturated heterocycles. The zero-order valence-corrected chi connectivity index (χ0v) is 15.8. The van der Waals surface area contributed by atoms with Gasteiger partial charge in [-0.05, 0) is 50.4 Å². The molecule has 2 rings (SSSR count). The highest BCUT2D eigenvalue weighted by atomic mass is 35.5. The van der Waals surface area contributed by atoms with Crippen LogP contribution in [0.2, 0.25) is 10.0 Å². The average Bonchev–Trinajstić information content (AvgIpc) is 2.57. The fourth-order valence-corrected chi connectivity index (χ4v) is 3.17. The highest BCUT2D eigenvalue weighted by molar-refractivity contribution is 7.89. The van der Waals surface area contributed by atoms with Gasteiger partial charge in [0, 0.05) is 5.02 Å². The van der Waals surface area contributed by atoms with Gasteiger partial charge in [0.05, 0.1) is 27.8 Å². The fourth-order valence-electron chi connectivity index (χ4n) is 2.03. The number of sulfonamides is 1. The third-order valence-corrected chi connectivity index (χ3v) is 5.23. The summed E-state index contributed by atoms with van der Waals surface area (Å²) in [5, 5.41) is 3.17. The molecular weight excluding hydrogens is 387 g/mol. The van der Waals surface area contributed by atoms with Crippen molar-refractivity contribution in [2.75, 3.05) is 19.0 Å². The molecule has 0 aliphatic heterocycles. The molecular formula is C16H16Cl2N2O4S. The predicted molar refractivity (Wildman–Crippen MR) is 98.3 cm³/mol. The first-order valence-corrected chi connectivity index (χ1v) is 9.49. The topological polar surface area (TPSA) is 84.5 Å². The van der Waals surface area contributed by atoms with Crippen molar-refractivity contribution in [1.82, 2.24) is 4.72 Å². The van der Waals surface area contributed by atoms with Gasteiger partial charge in [-0.15, -0.1) is 0 Å². The second-order valence-electron chi connectivity index (χ2n) is 4.88. The first kappa shape index (κ1) is 19.5. The highest BCUT2D eigenvalue weighted by Crippen LogP contribution is 2.29. The molecule has 0 aromatic heterocycles. The van der Waals surface area contributed by atoms with Gasteiger partial charge in [-0.3, -0.25) is 4.79 Å². The third-order valence-electron chi connectivity index (χ3n) is 3.25. The van der Waals surface area contributed by atoms with Gasteiger partial charge in [-0.1, -0.05) is 23.2 Å². The number of hydrogen-bond acceptors (Lipinski definition) is 4. The van der Waals surface area contributed by atoms with Gasteiger partial charge in [-0.2, -0.15) is 0 Å². The summed E-state index contributed by atoms with van der Waals surface area (Å²) in [6.07, 6.45) is 0. The lowest BCUT2D eigenvalue weighted by atomic mass is 10.2. The minimum absolute atomic E-state index is 0.0143. The Morgan fingerprint density at radius 3 is 2.52 bits per heavy atom. The van der Waals surface area contributed by atoms with E-state index in [0.29, 0.717) is 23.1 Å². The molecule has 0 saturated carbocycles. The Labute approximate surface area is 156 Å². The fraction of sp³-hybridized carbons (Fsp3) is 0.188. The van der Waals surface area contributed by atoms with E-state index < -0.39 is 15.9 Å². The van der Waals surface area contributed by atoms with E-state index in [1.54, 1.807) is 12.1 Å². The number of nitrogens with one attached hydrogen (secondary N) is 2. The molecule has 9 heteroatoms. The van der Waals surface area contributed by atoms with Crippen LogP contribution in [0.15, 0.2) is 41.3 Å².